The number of hydrogen-bond donors (Lipinski definition) is 1. The number of amides is 1. The predicted octanol–water partition coefficient (Wildman–Crippen LogP) is 3.95. The zero-order valence-electron chi connectivity index (χ0n) is 13.9. The number of halogens is 2. The SMILES string of the molecule is COCc1cc(-c2cc(NC(C)=O)c(Cl)c(C(=O)OC)n2)ccc1Cl. The summed E-state index contributed by atoms with van der Waals surface area (Å²) in [5.74, 6) is -1.03. The average molecular weight is 383 g/mol. The molecule has 2 aromatic rings. The van der Waals surface area contributed by atoms with E-state index in [2.05, 4.69) is 10.3 Å². The molecule has 0 saturated heterocycles. The molecule has 2 rings (SSSR count). The molecule has 1 N–H and O–H groups in total. The summed E-state index contributed by atoms with van der Waals surface area (Å²) in [6.07, 6.45) is 0. The Bertz CT molecular complexity index is 825. The van der Waals surface area contributed by atoms with Crippen molar-refractivity contribution in [3.8, 4) is 11.3 Å². The lowest BCUT2D eigenvalue weighted by atomic mass is 10.1. The van der Waals surface area contributed by atoms with Crippen LogP contribution < -0.4 is 5.32 Å². The average Bonchev–Trinajstić information content (AvgIpc) is 2.57. The van der Waals surface area contributed by atoms with Gasteiger partial charge < -0.3 is 14.8 Å². The summed E-state index contributed by atoms with van der Waals surface area (Å²) >= 11 is 12.3. The molecule has 0 fully saturated rings. The molecule has 1 amide bonds. The first-order valence-electron chi connectivity index (χ1n) is 7.21. The van der Waals surface area contributed by atoms with Crippen LogP contribution >= 0.6 is 23.2 Å². The van der Waals surface area contributed by atoms with Crippen LogP contribution in [0, 0.1) is 0 Å². The molecule has 0 radical (unpaired) electrons. The molecular weight excluding hydrogens is 367 g/mol. The Hall–Kier alpha value is -2.15. The van der Waals surface area contributed by atoms with Crippen molar-refractivity contribution in [2.45, 2.75) is 13.5 Å². The van der Waals surface area contributed by atoms with Crippen molar-refractivity contribution >= 4 is 40.8 Å². The molecule has 0 bridgehead atoms. The van der Waals surface area contributed by atoms with Crippen molar-refractivity contribution in [1.82, 2.24) is 4.98 Å². The van der Waals surface area contributed by atoms with Crippen molar-refractivity contribution in [2.24, 2.45) is 0 Å². The minimum Gasteiger partial charge on any atom is -0.464 e. The number of ether oxygens (including phenoxy) is 2. The smallest absolute Gasteiger partial charge is 0.358 e. The highest BCUT2D eigenvalue weighted by molar-refractivity contribution is 6.36. The van der Waals surface area contributed by atoms with Gasteiger partial charge in [0.1, 0.15) is 0 Å². The van der Waals surface area contributed by atoms with Crippen LogP contribution in [0.5, 0.6) is 0 Å². The number of benzene rings is 1. The number of methoxy groups -OCH3 is 2. The quantitative estimate of drug-likeness (QED) is 0.792. The second-order valence-electron chi connectivity index (χ2n) is 5.13. The molecule has 132 valence electrons. The fourth-order valence-electron chi connectivity index (χ4n) is 2.19. The second kappa shape index (κ2) is 8.29. The lowest BCUT2D eigenvalue weighted by Gasteiger charge is -2.12. The van der Waals surface area contributed by atoms with Crippen molar-refractivity contribution in [3.63, 3.8) is 0 Å². The second-order valence-corrected chi connectivity index (χ2v) is 5.91. The number of nitrogens with one attached hydrogen (secondary N) is 1. The number of pyridine rings is 1. The number of aromatic nitrogens is 1. The van der Waals surface area contributed by atoms with Gasteiger partial charge in [-0.2, -0.15) is 0 Å². The molecule has 0 atom stereocenters. The number of carbonyl (C=O) groups excluding carboxylic acids is 2. The maximum absolute atomic E-state index is 12.0. The summed E-state index contributed by atoms with van der Waals surface area (Å²) in [4.78, 5) is 27.6. The standard InChI is InChI=1S/C17H16Cl2N2O4/c1-9(22)20-14-7-13(21-16(15(14)19)17(23)25-3)10-4-5-12(18)11(6-10)8-24-2/h4-7H,8H2,1-3H3,(H,20,21,22). The third kappa shape index (κ3) is 4.48. The lowest BCUT2D eigenvalue weighted by molar-refractivity contribution is -0.114. The van der Waals surface area contributed by atoms with Crippen LogP contribution in [-0.4, -0.2) is 31.1 Å². The molecule has 0 aliphatic carbocycles. The van der Waals surface area contributed by atoms with Gasteiger partial charge in [-0.05, 0) is 23.8 Å². The molecule has 25 heavy (non-hydrogen) atoms. The molecule has 1 aromatic heterocycles. The zero-order chi connectivity index (χ0) is 18.6. The van der Waals surface area contributed by atoms with Crippen LogP contribution in [0.4, 0.5) is 5.69 Å². The summed E-state index contributed by atoms with van der Waals surface area (Å²) in [6.45, 7) is 1.66. The molecule has 0 aliphatic heterocycles. The van der Waals surface area contributed by atoms with E-state index in [1.807, 2.05) is 0 Å². The van der Waals surface area contributed by atoms with E-state index >= 15 is 0 Å². The molecule has 8 heteroatoms. The molecule has 1 heterocycles. The normalized spacial score (nSPS) is 10.4. The van der Waals surface area contributed by atoms with Gasteiger partial charge in [-0.1, -0.05) is 29.3 Å². The summed E-state index contributed by atoms with van der Waals surface area (Å²) < 4.78 is 9.83. The van der Waals surface area contributed by atoms with Crippen molar-refractivity contribution in [3.05, 3.63) is 45.6 Å². The van der Waals surface area contributed by atoms with Crippen LogP contribution in [0.1, 0.15) is 23.0 Å². The molecule has 6 nitrogen and oxygen atoms in total. The first-order valence-corrected chi connectivity index (χ1v) is 7.97. The predicted molar refractivity (Wildman–Crippen MR) is 96.0 cm³/mol. The van der Waals surface area contributed by atoms with Gasteiger partial charge in [0.15, 0.2) is 5.69 Å². The highest BCUT2D eigenvalue weighted by Gasteiger charge is 2.19. The molecule has 0 spiro atoms. The van der Waals surface area contributed by atoms with E-state index in [0.29, 0.717) is 22.9 Å². The Morgan fingerprint density at radius 1 is 1.20 bits per heavy atom. The maximum atomic E-state index is 12.0. The summed E-state index contributed by atoms with van der Waals surface area (Å²) in [5, 5.41) is 3.15. The highest BCUT2D eigenvalue weighted by atomic mass is 35.5. The van der Waals surface area contributed by atoms with E-state index in [9.17, 15) is 9.59 Å². The zero-order valence-corrected chi connectivity index (χ0v) is 15.4. The van der Waals surface area contributed by atoms with E-state index in [-0.39, 0.29) is 22.3 Å². The summed E-state index contributed by atoms with van der Waals surface area (Å²) in [7, 11) is 2.79. The Morgan fingerprint density at radius 3 is 2.52 bits per heavy atom. The van der Waals surface area contributed by atoms with Gasteiger partial charge in [-0.3, -0.25) is 4.79 Å². The Labute approximate surface area is 155 Å². The fourth-order valence-corrected chi connectivity index (χ4v) is 2.58. The Balaban J connectivity index is 2.62. The molecular formula is C17H16Cl2N2O4. The van der Waals surface area contributed by atoms with Crippen LogP contribution in [-0.2, 0) is 20.9 Å². The van der Waals surface area contributed by atoms with Crippen LogP contribution in [0.3, 0.4) is 0 Å². The van der Waals surface area contributed by atoms with E-state index in [1.54, 1.807) is 31.4 Å². The Kier molecular flexibility index (Phi) is 6.36. The maximum Gasteiger partial charge on any atom is 0.358 e. The van der Waals surface area contributed by atoms with Gasteiger partial charge in [0.2, 0.25) is 5.91 Å². The number of anilines is 1. The minimum atomic E-state index is -0.704. The number of nitrogens with zero attached hydrogens (tertiary/aromatic N) is 1. The van der Waals surface area contributed by atoms with Crippen molar-refractivity contribution in [2.75, 3.05) is 19.5 Å². The monoisotopic (exact) mass is 382 g/mol. The van der Waals surface area contributed by atoms with Crippen molar-refractivity contribution < 1.29 is 19.1 Å². The summed E-state index contributed by atoms with van der Waals surface area (Å²) in [6, 6.07) is 6.82. The van der Waals surface area contributed by atoms with Gasteiger partial charge in [0.25, 0.3) is 0 Å². The van der Waals surface area contributed by atoms with E-state index in [1.165, 1.54) is 14.0 Å². The van der Waals surface area contributed by atoms with E-state index in [0.717, 1.165) is 5.56 Å². The Morgan fingerprint density at radius 2 is 1.92 bits per heavy atom. The van der Waals surface area contributed by atoms with Gasteiger partial charge in [0, 0.05) is 24.6 Å². The van der Waals surface area contributed by atoms with Gasteiger partial charge in [-0.25, -0.2) is 9.78 Å². The molecule has 0 saturated carbocycles. The number of hydrogen-bond acceptors (Lipinski definition) is 5. The number of carbonyl (C=O) groups is 2. The van der Waals surface area contributed by atoms with E-state index in [4.69, 9.17) is 32.7 Å². The van der Waals surface area contributed by atoms with E-state index < -0.39 is 5.97 Å². The molecule has 0 unspecified atom stereocenters. The topological polar surface area (TPSA) is 77.5 Å². The highest BCUT2D eigenvalue weighted by Crippen LogP contribution is 2.32. The van der Waals surface area contributed by atoms with Crippen LogP contribution in [0.25, 0.3) is 11.3 Å². The minimum absolute atomic E-state index is 0.0110. The first kappa shape index (κ1) is 19.2. The third-order valence-electron chi connectivity index (χ3n) is 3.29. The molecule has 1 aromatic carbocycles. The molecule has 0 aliphatic rings. The van der Waals surface area contributed by atoms with Crippen molar-refractivity contribution in [1.29, 1.82) is 0 Å². The van der Waals surface area contributed by atoms with Crippen LogP contribution in [0.2, 0.25) is 10.0 Å². The lowest BCUT2D eigenvalue weighted by Crippen LogP contribution is -2.12. The summed E-state index contributed by atoms with van der Waals surface area (Å²) in [5.41, 5.74) is 2.06. The van der Waals surface area contributed by atoms with Gasteiger partial charge in [-0.15, -0.1) is 0 Å². The largest absolute Gasteiger partial charge is 0.464 e. The van der Waals surface area contributed by atoms with Gasteiger partial charge >= 0.3 is 5.97 Å². The third-order valence-corrected chi connectivity index (χ3v) is 4.04. The van der Waals surface area contributed by atoms with Crippen LogP contribution in [0.15, 0.2) is 24.3 Å². The van der Waals surface area contributed by atoms with Gasteiger partial charge in [0.05, 0.1) is 30.1 Å². The fraction of sp³-hybridized carbons (Fsp3) is 0.235. The number of rotatable bonds is 5. The first-order chi connectivity index (χ1) is 11.9. The number of esters is 1.